The first-order chi connectivity index (χ1) is 16.4. The lowest BCUT2D eigenvalue weighted by atomic mass is 10.0. The maximum Gasteiger partial charge on any atom is 0.251 e. The molecular formula is C24H21F2N5O3. The van der Waals surface area contributed by atoms with Gasteiger partial charge in [0.05, 0.1) is 24.7 Å². The Morgan fingerprint density at radius 1 is 1.15 bits per heavy atom. The molecule has 0 spiro atoms. The molecule has 4 aromatic rings. The second kappa shape index (κ2) is 8.29. The van der Waals surface area contributed by atoms with Gasteiger partial charge in [0.1, 0.15) is 0 Å². The van der Waals surface area contributed by atoms with Gasteiger partial charge in [-0.15, -0.1) is 5.10 Å². The van der Waals surface area contributed by atoms with Crippen LogP contribution in [0.15, 0.2) is 42.6 Å². The molecule has 0 bridgehead atoms. The summed E-state index contributed by atoms with van der Waals surface area (Å²) >= 11 is 0. The minimum atomic E-state index is -1.21. The third-order valence-corrected chi connectivity index (χ3v) is 5.60. The summed E-state index contributed by atoms with van der Waals surface area (Å²) in [6, 6.07) is 9.54. The highest BCUT2D eigenvalue weighted by Gasteiger charge is 2.24. The van der Waals surface area contributed by atoms with Gasteiger partial charge >= 0.3 is 0 Å². The van der Waals surface area contributed by atoms with Crippen molar-refractivity contribution in [2.45, 2.75) is 25.8 Å². The number of anilines is 1. The van der Waals surface area contributed by atoms with Crippen molar-refractivity contribution < 1.29 is 23.0 Å². The number of methoxy groups -OCH3 is 1. The standard InChI is InChI=1S/C24H21F2N5O3/c1-12-9-13(3-6-15(12)24(32)29-14-4-5-14)17-11-28-23-16(27)10-20(30-31(17)23)34-19-8-7-18(33-2)21(25)22(19)26/h3,6-11,14H,4-5,27H2,1-2H3,(H,29,32). The largest absolute Gasteiger partial charge is 0.494 e. The molecule has 3 N–H and O–H groups in total. The average Bonchev–Trinajstić information content (AvgIpc) is 3.52. The molecule has 10 heteroatoms. The highest BCUT2D eigenvalue weighted by Crippen LogP contribution is 2.32. The molecular weight excluding hydrogens is 444 g/mol. The number of hydrogen-bond acceptors (Lipinski definition) is 6. The molecule has 174 valence electrons. The molecule has 34 heavy (non-hydrogen) atoms. The number of hydrogen-bond donors (Lipinski definition) is 2. The van der Waals surface area contributed by atoms with Crippen LogP contribution in [-0.4, -0.2) is 33.7 Å². The number of nitrogens with one attached hydrogen (secondary N) is 1. The Hall–Kier alpha value is -4.21. The van der Waals surface area contributed by atoms with Crippen molar-refractivity contribution >= 4 is 17.2 Å². The maximum atomic E-state index is 14.4. The normalized spacial score (nSPS) is 13.2. The second-order valence-electron chi connectivity index (χ2n) is 8.09. The molecule has 1 aliphatic carbocycles. The summed E-state index contributed by atoms with van der Waals surface area (Å²) in [6.45, 7) is 1.85. The van der Waals surface area contributed by atoms with E-state index in [1.807, 2.05) is 13.0 Å². The number of aryl methyl sites for hydroxylation is 1. The van der Waals surface area contributed by atoms with Crippen molar-refractivity contribution in [1.29, 1.82) is 0 Å². The first kappa shape index (κ1) is 21.6. The Balaban J connectivity index is 1.50. The molecule has 0 radical (unpaired) electrons. The van der Waals surface area contributed by atoms with E-state index in [-0.39, 0.29) is 35.0 Å². The Morgan fingerprint density at radius 3 is 2.59 bits per heavy atom. The van der Waals surface area contributed by atoms with Gasteiger partial charge in [-0.1, -0.05) is 6.07 Å². The molecule has 2 heterocycles. The molecule has 1 saturated carbocycles. The van der Waals surface area contributed by atoms with Crippen molar-refractivity contribution in [3.8, 4) is 28.6 Å². The highest BCUT2D eigenvalue weighted by molar-refractivity contribution is 5.96. The van der Waals surface area contributed by atoms with Gasteiger partial charge in [-0.05, 0) is 49.6 Å². The number of carbonyl (C=O) groups is 1. The van der Waals surface area contributed by atoms with E-state index in [9.17, 15) is 13.6 Å². The zero-order chi connectivity index (χ0) is 24.0. The van der Waals surface area contributed by atoms with Gasteiger partial charge in [0.15, 0.2) is 17.1 Å². The lowest BCUT2D eigenvalue weighted by Gasteiger charge is -2.11. The SMILES string of the molecule is COc1ccc(Oc2cc(N)c3ncc(-c4ccc(C(=O)NC5CC5)c(C)c4)n3n2)c(F)c1F. The van der Waals surface area contributed by atoms with Crippen LogP contribution in [0.5, 0.6) is 17.4 Å². The van der Waals surface area contributed by atoms with Gasteiger partial charge in [-0.25, -0.2) is 9.50 Å². The maximum absolute atomic E-state index is 14.4. The van der Waals surface area contributed by atoms with E-state index in [1.165, 1.54) is 29.8 Å². The summed E-state index contributed by atoms with van der Waals surface area (Å²) in [5.41, 5.74) is 9.45. The smallest absolute Gasteiger partial charge is 0.251 e. The molecule has 0 atom stereocenters. The number of ether oxygens (including phenoxy) is 2. The van der Waals surface area contributed by atoms with Crippen LogP contribution in [0.1, 0.15) is 28.8 Å². The molecule has 1 fully saturated rings. The van der Waals surface area contributed by atoms with E-state index in [1.54, 1.807) is 18.3 Å². The number of rotatable bonds is 6. The van der Waals surface area contributed by atoms with Crippen LogP contribution in [0.25, 0.3) is 16.9 Å². The number of halogens is 2. The van der Waals surface area contributed by atoms with Crippen molar-refractivity contribution in [2.24, 2.45) is 0 Å². The molecule has 1 aliphatic rings. The number of nitrogens with two attached hydrogens (primary N) is 1. The van der Waals surface area contributed by atoms with Gasteiger partial charge in [0.25, 0.3) is 5.91 Å². The third kappa shape index (κ3) is 3.87. The number of benzene rings is 2. The molecule has 5 rings (SSSR count). The number of imidazole rings is 1. The monoisotopic (exact) mass is 465 g/mol. The van der Waals surface area contributed by atoms with E-state index in [0.29, 0.717) is 16.9 Å². The highest BCUT2D eigenvalue weighted by atomic mass is 19.2. The predicted octanol–water partition coefficient (Wildman–Crippen LogP) is 4.26. The van der Waals surface area contributed by atoms with Gasteiger partial charge in [0, 0.05) is 23.2 Å². The first-order valence-corrected chi connectivity index (χ1v) is 10.6. The van der Waals surface area contributed by atoms with E-state index in [4.69, 9.17) is 15.2 Å². The Bertz CT molecular complexity index is 1430. The summed E-state index contributed by atoms with van der Waals surface area (Å²) in [6.07, 6.45) is 3.61. The topological polar surface area (TPSA) is 104 Å². The number of nitrogens with zero attached hydrogens (tertiary/aromatic N) is 3. The third-order valence-electron chi connectivity index (χ3n) is 5.60. The first-order valence-electron chi connectivity index (χ1n) is 10.6. The second-order valence-corrected chi connectivity index (χ2v) is 8.09. The number of aromatic nitrogens is 3. The summed E-state index contributed by atoms with van der Waals surface area (Å²) in [4.78, 5) is 16.8. The Labute approximate surface area is 193 Å². The van der Waals surface area contributed by atoms with Crippen molar-refractivity contribution in [1.82, 2.24) is 19.9 Å². The lowest BCUT2D eigenvalue weighted by Crippen LogP contribution is -2.26. The predicted molar refractivity (Wildman–Crippen MR) is 121 cm³/mol. The fourth-order valence-corrected chi connectivity index (χ4v) is 3.65. The van der Waals surface area contributed by atoms with Crippen molar-refractivity contribution in [2.75, 3.05) is 12.8 Å². The van der Waals surface area contributed by atoms with Crippen LogP contribution in [0.3, 0.4) is 0 Å². The molecule has 2 aromatic heterocycles. The van der Waals surface area contributed by atoms with Crippen LogP contribution in [-0.2, 0) is 0 Å². The summed E-state index contributed by atoms with van der Waals surface area (Å²) in [5.74, 6) is -3.14. The minimum Gasteiger partial charge on any atom is -0.494 e. The van der Waals surface area contributed by atoms with E-state index < -0.39 is 11.6 Å². The quantitative estimate of drug-likeness (QED) is 0.441. The number of fused-ring (bicyclic) bond motifs is 1. The molecule has 0 aliphatic heterocycles. The summed E-state index contributed by atoms with van der Waals surface area (Å²) in [7, 11) is 1.24. The van der Waals surface area contributed by atoms with Gasteiger partial charge in [0.2, 0.25) is 17.5 Å². The Kier molecular flexibility index (Phi) is 5.27. The van der Waals surface area contributed by atoms with Crippen molar-refractivity contribution in [3.63, 3.8) is 0 Å². The number of carbonyl (C=O) groups excluding carboxylic acids is 1. The van der Waals surface area contributed by atoms with Crippen LogP contribution < -0.4 is 20.5 Å². The number of nitrogen functional groups attached to an aromatic ring is 1. The zero-order valence-corrected chi connectivity index (χ0v) is 18.4. The molecule has 0 unspecified atom stereocenters. The zero-order valence-electron chi connectivity index (χ0n) is 18.4. The van der Waals surface area contributed by atoms with E-state index in [2.05, 4.69) is 15.4 Å². The van der Waals surface area contributed by atoms with E-state index >= 15 is 0 Å². The number of amides is 1. The van der Waals surface area contributed by atoms with Crippen LogP contribution in [0.2, 0.25) is 0 Å². The van der Waals surface area contributed by atoms with Crippen molar-refractivity contribution in [3.05, 3.63) is 65.4 Å². The van der Waals surface area contributed by atoms with Crippen LogP contribution in [0.4, 0.5) is 14.5 Å². The average molecular weight is 465 g/mol. The molecule has 0 saturated heterocycles. The molecule has 1 amide bonds. The minimum absolute atomic E-state index is 0.0510. The van der Waals surface area contributed by atoms with Crippen LogP contribution >= 0.6 is 0 Å². The van der Waals surface area contributed by atoms with Gasteiger partial charge in [-0.2, -0.15) is 8.78 Å². The van der Waals surface area contributed by atoms with Crippen LogP contribution in [0, 0.1) is 18.6 Å². The van der Waals surface area contributed by atoms with Gasteiger partial charge in [-0.3, -0.25) is 4.79 Å². The molecule has 8 nitrogen and oxygen atoms in total. The van der Waals surface area contributed by atoms with E-state index in [0.717, 1.165) is 24.0 Å². The fourth-order valence-electron chi connectivity index (χ4n) is 3.65. The lowest BCUT2D eigenvalue weighted by molar-refractivity contribution is 0.0950. The molecule has 2 aromatic carbocycles. The fraction of sp³-hybridized carbons (Fsp3) is 0.208. The summed E-state index contributed by atoms with van der Waals surface area (Å²) in [5, 5.41) is 7.35. The Morgan fingerprint density at radius 2 is 1.88 bits per heavy atom. The summed E-state index contributed by atoms with van der Waals surface area (Å²) < 4.78 is 40.2. The van der Waals surface area contributed by atoms with Gasteiger partial charge < -0.3 is 20.5 Å².